The molecule has 2 rings (SSSR count). The SMILES string of the molecule is CN(CC1CCCCO1)C(=O)c1cnccc1NN. The normalized spacial score (nSPS) is 18.9. The zero-order valence-electron chi connectivity index (χ0n) is 11.1. The monoisotopic (exact) mass is 264 g/mol. The first-order valence-corrected chi connectivity index (χ1v) is 6.50. The topological polar surface area (TPSA) is 80.5 Å². The lowest BCUT2D eigenvalue weighted by Crippen LogP contribution is -2.37. The molecule has 1 atom stereocenters. The summed E-state index contributed by atoms with van der Waals surface area (Å²) in [6, 6.07) is 1.68. The summed E-state index contributed by atoms with van der Waals surface area (Å²) in [6.45, 7) is 1.38. The third-order valence-corrected chi connectivity index (χ3v) is 3.31. The van der Waals surface area contributed by atoms with E-state index in [2.05, 4.69) is 10.4 Å². The first kappa shape index (κ1) is 13.8. The van der Waals surface area contributed by atoms with E-state index >= 15 is 0 Å². The van der Waals surface area contributed by atoms with Crippen LogP contribution in [0.1, 0.15) is 29.6 Å². The van der Waals surface area contributed by atoms with E-state index in [1.54, 1.807) is 24.2 Å². The minimum atomic E-state index is -0.102. The van der Waals surface area contributed by atoms with Crippen LogP contribution in [0.2, 0.25) is 0 Å². The van der Waals surface area contributed by atoms with Gasteiger partial charge >= 0.3 is 0 Å². The van der Waals surface area contributed by atoms with Crippen LogP contribution in [0, 0.1) is 0 Å². The van der Waals surface area contributed by atoms with Crippen molar-refractivity contribution >= 4 is 11.6 Å². The quantitative estimate of drug-likeness (QED) is 0.626. The maximum atomic E-state index is 12.3. The van der Waals surface area contributed by atoms with E-state index in [1.807, 2.05) is 0 Å². The molecule has 0 aliphatic carbocycles. The van der Waals surface area contributed by atoms with Gasteiger partial charge in [0.1, 0.15) is 0 Å². The number of hydrogen-bond donors (Lipinski definition) is 2. The predicted octanol–water partition coefficient (Wildman–Crippen LogP) is 1.01. The fraction of sp³-hybridized carbons (Fsp3) is 0.538. The van der Waals surface area contributed by atoms with E-state index in [4.69, 9.17) is 10.6 Å². The van der Waals surface area contributed by atoms with Gasteiger partial charge in [0.05, 0.1) is 17.4 Å². The number of amides is 1. The van der Waals surface area contributed by atoms with Crippen molar-refractivity contribution in [1.29, 1.82) is 0 Å². The number of likely N-dealkylation sites (N-methyl/N-ethyl adjacent to an activating group) is 1. The Kier molecular flexibility index (Phi) is 4.70. The molecule has 1 unspecified atom stereocenters. The number of rotatable bonds is 4. The Hall–Kier alpha value is -1.66. The summed E-state index contributed by atoms with van der Waals surface area (Å²) in [7, 11) is 1.77. The fourth-order valence-corrected chi connectivity index (χ4v) is 2.24. The minimum Gasteiger partial charge on any atom is -0.376 e. The number of pyridine rings is 1. The number of carbonyl (C=O) groups excluding carboxylic acids is 1. The van der Waals surface area contributed by atoms with Crippen LogP contribution in [-0.2, 0) is 4.74 Å². The Bertz CT molecular complexity index is 432. The molecule has 0 bridgehead atoms. The highest BCUT2D eigenvalue weighted by Gasteiger charge is 2.21. The highest BCUT2D eigenvalue weighted by atomic mass is 16.5. The van der Waals surface area contributed by atoms with Gasteiger partial charge in [0.25, 0.3) is 5.91 Å². The number of aromatic nitrogens is 1. The molecule has 1 aromatic heterocycles. The van der Waals surface area contributed by atoms with Crippen LogP contribution in [0.15, 0.2) is 18.5 Å². The van der Waals surface area contributed by atoms with Gasteiger partial charge in [-0.2, -0.15) is 0 Å². The van der Waals surface area contributed by atoms with E-state index in [0.29, 0.717) is 17.8 Å². The van der Waals surface area contributed by atoms with E-state index in [9.17, 15) is 4.79 Å². The lowest BCUT2D eigenvalue weighted by Gasteiger charge is -2.27. The summed E-state index contributed by atoms with van der Waals surface area (Å²) in [5, 5.41) is 0. The molecule has 2 heterocycles. The van der Waals surface area contributed by atoms with Crippen molar-refractivity contribution in [3.05, 3.63) is 24.0 Å². The molecule has 1 amide bonds. The Balaban J connectivity index is 2.01. The van der Waals surface area contributed by atoms with Crippen LogP contribution in [0.4, 0.5) is 5.69 Å². The Morgan fingerprint density at radius 1 is 1.63 bits per heavy atom. The lowest BCUT2D eigenvalue weighted by atomic mass is 10.1. The number of anilines is 1. The molecule has 1 fully saturated rings. The number of ether oxygens (including phenoxy) is 1. The molecule has 1 aliphatic heterocycles. The summed E-state index contributed by atoms with van der Waals surface area (Å²) in [6.07, 6.45) is 6.53. The molecule has 1 saturated heterocycles. The summed E-state index contributed by atoms with van der Waals surface area (Å²) in [4.78, 5) is 18.0. The number of hydrogen-bond acceptors (Lipinski definition) is 5. The van der Waals surface area contributed by atoms with Crippen molar-refractivity contribution in [2.45, 2.75) is 25.4 Å². The largest absolute Gasteiger partial charge is 0.376 e. The van der Waals surface area contributed by atoms with Crippen molar-refractivity contribution in [2.24, 2.45) is 5.84 Å². The van der Waals surface area contributed by atoms with Gasteiger partial charge in [0, 0.05) is 32.6 Å². The highest BCUT2D eigenvalue weighted by Crippen LogP contribution is 2.17. The van der Waals surface area contributed by atoms with Gasteiger partial charge in [-0.15, -0.1) is 0 Å². The first-order chi connectivity index (χ1) is 9.22. The number of hydrazine groups is 1. The molecule has 0 radical (unpaired) electrons. The second-order valence-corrected chi connectivity index (χ2v) is 4.74. The Labute approximate surface area is 112 Å². The average molecular weight is 264 g/mol. The van der Waals surface area contributed by atoms with Crippen LogP contribution in [-0.4, -0.2) is 42.1 Å². The summed E-state index contributed by atoms with van der Waals surface area (Å²) < 4.78 is 5.64. The van der Waals surface area contributed by atoms with Crippen molar-refractivity contribution in [3.8, 4) is 0 Å². The van der Waals surface area contributed by atoms with Crippen molar-refractivity contribution in [3.63, 3.8) is 0 Å². The van der Waals surface area contributed by atoms with Crippen LogP contribution in [0.25, 0.3) is 0 Å². The zero-order valence-corrected chi connectivity index (χ0v) is 11.1. The van der Waals surface area contributed by atoms with E-state index in [1.165, 1.54) is 6.20 Å². The zero-order chi connectivity index (χ0) is 13.7. The molecule has 104 valence electrons. The number of nitrogen functional groups attached to an aromatic ring is 1. The average Bonchev–Trinajstić information content (AvgIpc) is 2.47. The molecular formula is C13H20N4O2. The van der Waals surface area contributed by atoms with Crippen molar-refractivity contribution < 1.29 is 9.53 Å². The minimum absolute atomic E-state index is 0.102. The summed E-state index contributed by atoms with van der Waals surface area (Å²) in [5.74, 6) is 5.30. The standard InChI is InChI=1S/C13H20N4O2/c1-17(9-10-4-2-3-7-19-10)13(18)11-8-15-6-5-12(11)16-14/h5-6,8,10H,2-4,7,9,14H2,1H3,(H,15,16). The van der Waals surface area contributed by atoms with Crippen LogP contribution in [0.3, 0.4) is 0 Å². The lowest BCUT2D eigenvalue weighted by molar-refractivity contribution is -0.000179. The first-order valence-electron chi connectivity index (χ1n) is 6.50. The third kappa shape index (κ3) is 3.42. The molecule has 0 spiro atoms. The van der Waals surface area contributed by atoms with E-state index < -0.39 is 0 Å². The number of nitrogens with two attached hydrogens (primary N) is 1. The van der Waals surface area contributed by atoms with Crippen molar-refractivity contribution in [1.82, 2.24) is 9.88 Å². The second-order valence-electron chi connectivity index (χ2n) is 4.74. The van der Waals surface area contributed by atoms with Gasteiger partial charge in [-0.1, -0.05) is 0 Å². The smallest absolute Gasteiger partial charge is 0.257 e. The highest BCUT2D eigenvalue weighted by molar-refractivity contribution is 5.99. The maximum Gasteiger partial charge on any atom is 0.257 e. The molecule has 6 heteroatoms. The fourth-order valence-electron chi connectivity index (χ4n) is 2.24. The molecule has 1 aromatic rings. The molecule has 3 N–H and O–H groups in total. The molecule has 19 heavy (non-hydrogen) atoms. The third-order valence-electron chi connectivity index (χ3n) is 3.31. The number of carbonyl (C=O) groups is 1. The van der Waals surface area contributed by atoms with Crippen LogP contribution in [0.5, 0.6) is 0 Å². The molecular weight excluding hydrogens is 244 g/mol. The van der Waals surface area contributed by atoms with Gasteiger partial charge in [0.15, 0.2) is 0 Å². The molecule has 0 aromatic carbocycles. The maximum absolute atomic E-state index is 12.3. The second kappa shape index (κ2) is 6.49. The predicted molar refractivity (Wildman–Crippen MR) is 72.6 cm³/mol. The summed E-state index contributed by atoms with van der Waals surface area (Å²) in [5.41, 5.74) is 3.57. The number of nitrogens with zero attached hydrogens (tertiary/aromatic N) is 2. The van der Waals surface area contributed by atoms with Crippen molar-refractivity contribution in [2.75, 3.05) is 25.6 Å². The van der Waals surface area contributed by atoms with Crippen LogP contribution >= 0.6 is 0 Å². The number of nitrogens with one attached hydrogen (secondary N) is 1. The van der Waals surface area contributed by atoms with Gasteiger partial charge in [-0.05, 0) is 25.3 Å². The van der Waals surface area contributed by atoms with Gasteiger partial charge in [0.2, 0.25) is 0 Å². The van der Waals surface area contributed by atoms with Gasteiger partial charge < -0.3 is 15.1 Å². The van der Waals surface area contributed by atoms with Crippen LogP contribution < -0.4 is 11.3 Å². The van der Waals surface area contributed by atoms with Gasteiger partial charge in [-0.3, -0.25) is 15.6 Å². The molecule has 1 aliphatic rings. The Morgan fingerprint density at radius 2 is 2.47 bits per heavy atom. The van der Waals surface area contributed by atoms with E-state index in [-0.39, 0.29) is 12.0 Å². The van der Waals surface area contributed by atoms with E-state index in [0.717, 1.165) is 25.9 Å². The van der Waals surface area contributed by atoms with Gasteiger partial charge in [-0.25, -0.2) is 0 Å². The molecule has 6 nitrogen and oxygen atoms in total. The molecule has 0 saturated carbocycles. The summed E-state index contributed by atoms with van der Waals surface area (Å²) >= 11 is 0. The Morgan fingerprint density at radius 3 is 3.16 bits per heavy atom.